The molecule has 4 heterocycles. The van der Waals surface area contributed by atoms with Gasteiger partial charge in [0, 0.05) is 0 Å². The largest absolute Gasteiger partial charge is 0.309 e. The number of benzene rings is 2. The second kappa shape index (κ2) is 7.98. The summed E-state index contributed by atoms with van der Waals surface area (Å²) >= 11 is 2.78. The lowest BCUT2D eigenvalue weighted by molar-refractivity contribution is 0.764. The number of hydrogen-bond acceptors (Lipinski definition) is 7. The molecular weight excluding hydrogens is 456 g/mol. The van der Waals surface area contributed by atoms with Gasteiger partial charge in [-0.05, 0) is 29.1 Å². The van der Waals surface area contributed by atoms with Crippen LogP contribution in [0.25, 0.3) is 26.9 Å². The van der Waals surface area contributed by atoms with Crippen molar-refractivity contribution in [3.63, 3.8) is 0 Å². The van der Waals surface area contributed by atoms with Crippen molar-refractivity contribution < 1.29 is 0 Å². The zero-order chi connectivity index (χ0) is 22.4. The van der Waals surface area contributed by atoms with Crippen molar-refractivity contribution in [3.8, 4) is 0 Å². The minimum Gasteiger partial charge on any atom is -0.309 e. The average molecular weight is 473 g/mol. The molecule has 0 saturated heterocycles. The fourth-order valence-corrected chi connectivity index (χ4v) is 5.39. The van der Waals surface area contributed by atoms with Crippen molar-refractivity contribution in [2.24, 2.45) is 0 Å². The minimum absolute atomic E-state index is 0.111. The van der Waals surface area contributed by atoms with E-state index in [2.05, 4.69) is 20.2 Å². The van der Waals surface area contributed by atoms with E-state index in [1.54, 1.807) is 4.57 Å². The van der Waals surface area contributed by atoms with Gasteiger partial charge in [0.25, 0.3) is 11.1 Å². The first kappa shape index (κ1) is 19.9. The normalized spacial score (nSPS) is 11.6. The van der Waals surface area contributed by atoms with Crippen LogP contribution in [0.1, 0.15) is 11.4 Å². The molecule has 4 aromatic heterocycles. The van der Waals surface area contributed by atoms with Crippen LogP contribution in [0.5, 0.6) is 0 Å². The van der Waals surface area contributed by atoms with Gasteiger partial charge in [0.15, 0.2) is 5.16 Å². The molecule has 0 unspecified atom stereocenters. The van der Waals surface area contributed by atoms with Gasteiger partial charge in [-0.2, -0.15) is 0 Å². The van der Waals surface area contributed by atoms with E-state index in [4.69, 9.17) is 0 Å². The SMILES string of the molecule is O=c1[nH]c(CSc2nnc3n(Cc4ccccc4)c(=O)c4ccccc4n23)nc2ccsc12. The highest BCUT2D eigenvalue weighted by Gasteiger charge is 2.17. The fourth-order valence-electron chi connectivity index (χ4n) is 3.86. The number of aromatic nitrogens is 6. The first-order valence-corrected chi connectivity index (χ1v) is 12.1. The number of nitrogens with one attached hydrogen (secondary N) is 1. The molecule has 0 aliphatic carbocycles. The van der Waals surface area contributed by atoms with Crippen LogP contribution in [0.15, 0.2) is 80.8 Å². The molecule has 0 saturated carbocycles. The van der Waals surface area contributed by atoms with Gasteiger partial charge in [0.05, 0.1) is 28.7 Å². The van der Waals surface area contributed by atoms with E-state index in [0.717, 1.165) is 11.1 Å². The molecule has 0 fully saturated rings. The molecule has 0 aliphatic heterocycles. The lowest BCUT2D eigenvalue weighted by atomic mass is 10.2. The fraction of sp³-hybridized carbons (Fsp3) is 0.0870. The molecule has 0 bridgehead atoms. The van der Waals surface area contributed by atoms with Crippen molar-refractivity contribution >= 4 is 50.0 Å². The van der Waals surface area contributed by atoms with Gasteiger partial charge in [-0.3, -0.25) is 18.6 Å². The Morgan fingerprint density at radius 3 is 2.67 bits per heavy atom. The van der Waals surface area contributed by atoms with Crippen molar-refractivity contribution in [2.75, 3.05) is 0 Å². The second-order valence-electron chi connectivity index (χ2n) is 7.45. The van der Waals surface area contributed by atoms with Gasteiger partial charge in [0.1, 0.15) is 10.5 Å². The number of para-hydroxylation sites is 1. The van der Waals surface area contributed by atoms with Crippen LogP contribution < -0.4 is 11.1 Å². The number of rotatable bonds is 5. The molecule has 1 N–H and O–H groups in total. The van der Waals surface area contributed by atoms with Crippen LogP contribution in [0.4, 0.5) is 0 Å². The number of H-pyrrole nitrogens is 1. The lowest BCUT2D eigenvalue weighted by Crippen LogP contribution is -2.24. The van der Waals surface area contributed by atoms with Crippen LogP contribution in [0.2, 0.25) is 0 Å². The summed E-state index contributed by atoms with van der Waals surface area (Å²) in [5, 5.41) is 11.8. The summed E-state index contributed by atoms with van der Waals surface area (Å²) in [7, 11) is 0. The number of aromatic amines is 1. The summed E-state index contributed by atoms with van der Waals surface area (Å²) in [6.07, 6.45) is 0. The molecule has 33 heavy (non-hydrogen) atoms. The van der Waals surface area contributed by atoms with Gasteiger partial charge >= 0.3 is 0 Å². The Morgan fingerprint density at radius 2 is 1.79 bits per heavy atom. The molecule has 8 nitrogen and oxygen atoms in total. The number of fused-ring (bicyclic) bond motifs is 4. The molecule has 0 spiro atoms. The first-order chi connectivity index (χ1) is 16.2. The molecule has 0 atom stereocenters. The van der Waals surface area contributed by atoms with Gasteiger partial charge in [-0.1, -0.05) is 54.2 Å². The highest BCUT2D eigenvalue weighted by atomic mass is 32.2. The maximum atomic E-state index is 13.3. The Morgan fingerprint density at radius 1 is 0.970 bits per heavy atom. The summed E-state index contributed by atoms with van der Waals surface area (Å²) < 4.78 is 4.16. The van der Waals surface area contributed by atoms with E-state index in [0.29, 0.717) is 44.7 Å². The van der Waals surface area contributed by atoms with Crippen molar-refractivity contribution in [2.45, 2.75) is 17.5 Å². The predicted octanol–water partition coefficient (Wildman–Crippen LogP) is 3.68. The second-order valence-corrected chi connectivity index (χ2v) is 9.31. The van der Waals surface area contributed by atoms with E-state index in [-0.39, 0.29) is 11.1 Å². The highest BCUT2D eigenvalue weighted by molar-refractivity contribution is 7.98. The van der Waals surface area contributed by atoms with E-state index < -0.39 is 0 Å². The molecule has 6 rings (SSSR count). The Hall–Kier alpha value is -3.76. The maximum absolute atomic E-state index is 13.3. The monoisotopic (exact) mass is 472 g/mol. The van der Waals surface area contributed by atoms with Crippen LogP contribution in [0.3, 0.4) is 0 Å². The Kier molecular flexibility index (Phi) is 4.81. The summed E-state index contributed by atoms with van der Waals surface area (Å²) in [4.78, 5) is 33.0. The van der Waals surface area contributed by atoms with Gasteiger partial charge in [-0.25, -0.2) is 4.98 Å². The van der Waals surface area contributed by atoms with E-state index in [9.17, 15) is 9.59 Å². The molecule has 0 amide bonds. The van der Waals surface area contributed by atoms with Crippen LogP contribution >= 0.6 is 23.1 Å². The smallest absolute Gasteiger partial charge is 0.268 e. The van der Waals surface area contributed by atoms with Gasteiger partial charge in [0.2, 0.25) is 5.78 Å². The summed E-state index contributed by atoms with van der Waals surface area (Å²) in [5.41, 5.74) is 2.18. The van der Waals surface area contributed by atoms with E-state index in [1.165, 1.54) is 23.1 Å². The number of nitrogens with zero attached hydrogens (tertiary/aromatic N) is 5. The molecule has 0 aliphatic rings. The van der Waals surface area contributed by atoms with E-state index in [1.807, 2.05) is 70.4 Å². The zero-order valence-corrected chi connectivity index (χ0v) is 18.8. The molecular formula is C23H16N6O2S2. The third kappa shape index (κ3) is 3.43. The molecule has 10 heteroatoms. The van der Waals surface area contributed by atoms with Crippen molar-refractivity contribution in [3.05, 3.63) is 98.1 Å². The number of hydrogen-bond donors (Lipinski definition) is 1. The maximum Gasteiger partial charge on any atom is 0.268 e. The third-order valence-electron chi connectivity index (χ3n) is 5.36. The highest BCUT2D eigenvalue weighted by Crippen LogP contribution is 2.24. The Labute approximate surface area is 194 Å². The lowest BCUT2D eigenvalue weighted by Gasteiger charge is -2.11. The van der Waals surface area contributed by atoms with Crippen molar-refractivity contribution in [1.82, 2.24) is 29.1 Å². The molecule has 2 aromatic carbocycles. The molecule has 6 aromatic rings. The van der Waals surface area contributed by atoms with Crippen LogP contribution in [-0.4, -0.2) is 29.1 Å². The standard InChI is InChI=1S/C23H16N6O2S2/c30-20-19-16(10-11-32-19)24-18(25-20)13-33-23-27-26-22-28(12-14-6-2-1-3-7-14)21(31)15-8-4-5-9-17(15)29(22)23/h1-11H,12-13H2,(H,24,25,30). The first-order valence-electron chi connectivity index (χ1n) is 10.2. The number of thioether (sulfide) groups is 1. The van der Waals surface area contributed by atoms with Gasteiger partial charge < -0.3 is 4.98 Å². The molecule has 0 radical (unpaired) electrons. The quantitative estimate of drug-likeness (QED) is 0.385. The zero-order valence-electron chi connectivity index (χ0n) is 17.1. The van der Waals surface area contributed by atoms with Gasteiger partial charge in [-0.15, -0.1) is 21.5 Å². The minimum atomic E-state index is -0.140. The number of thiophene rings is 1. The third-order valence-corrected chi connectivity index (χ3v) is 7.21. The summed E-state index contributed by atoms with van der Waals surface area (Å²) in [5.74, 6) is 1.45. The summed E-state index contributed by atoms with van der Waals surface area (Å²) in [6.45, 7) is 0.389. The predicted molar refractivity (Wildman–Crippen MR) is 130 cm³/mol. The Bertz CT molecular complexity index is 1750. The van der Waals surface area contributed by atoms with Crippen LogP contribution in [0, 0.1) is 0 Å². The van der Waals surface area contributed by atoms with E-state index >= 15 is 0 Å². The molecule has 162 valence electrons. The topological polar surface area (TPSA) is 97.9 Å². The van der Waals surface area contributed by atoms with Crippen LogP contribution in [-0.2, 0) is 12.3 Å². The average Bonchev–Trinajstić information content (AvgIpc) is 3.49. The van der Waals surface area contributed by atoms with Crippen molar-refractivity contribution in [1.29, 1.82) is 0 Å². The Balaban J connectivity index is 1.46. The summed E-state index contributed by atoms with van der Waals surface area (Å²) in [6, 6.07) is 19.1.